The summed E-state index contributed by atoms with van der Waals surface area (Å²) in [5.74, 6) is -0.596. The van der Waals surface area contributed by atoms with Crippen LogP contribution in [-0.2, 0) is 6.54 Å². The molecule has 2 aromatic carbocycles. The van der Waals surface area contributed by atoms with Crippen molar-refractivity contribution < 1.29 is 9.18 Å². The highest BCUT2D eigenvalue weighted by Gasteiger charge is 2.07. The smallest absolute Gasteiger partial charge is 0.251 e. The number of amides is 1. The van der Waals surface area contributed by atoms with Gasteiger partial charge < -0.3 is 5.32 Å². The Morgan fingerprint density at radius 3 is 2.53 bits per heavy atom. The summed E-state index contributed by atoms with van der Waals surface area (Å²) < 4.78 is 13.8. The van der Waals surface area contributed by atoms with Crippen LogP contribution >= 0.6 is 27.5 Å². The Morgan fingerprint density at radius 1 is 1.21 bits per heavy atom. The van der Waals surface area contributed by atoms with Gasteiger partial charge in [-0.3, -0.25) is 4.79 Å². The fraction of sp³-hybridized carbons (Fsp3) is 0.0714. The lowest BCUT2D eigenvalue weighted by Crippen LogP contribution is -2.22. The Kier molecular flexibility index (Phi) is 4.56. The van der Waals surface area contributed by atoms with Crippen molar-refractivity contribution in [3.8, 4) is 0 Å². The van der Waals surface area contributed by atoms with Gasteiger partial charge in [-0.15, -0.1) is 0 Å². The molecular weight excluding hydrogens is 333 g/mol. The molecule has 0 aliphatic rings. The lowest BCUT2D eigenvalue weighted by Gasteiger charge is -2.07. The molecule has 0 radical (unpaired) electrons. The van der Waals surface area contributed by atoms with E-state index in [1.807, 2.05) is 0 Å². The maximum atomic E-state index is 12.9. The monoisotopic (exact) mass is 341 g/mol. The number of carbonyl (C=O) groups is 1. The first-order valence-electron chi connectivity index (χ1n) is 5.54. The number of halogens is 3. The highest BCUT2D eigenvalue weighted by Crippen LogP contribution is 2.17. The van der Waals surface area contributed by atoms with Gasteiger partial charge in [0.15, 0.2) is 0 Å². The summed E-state index contributed by atoms with van der Waals surface area (Å²) >= 11 is 9.18. The van der Waals surface area contributed by atoms with Crippen molar-refractivity contribution in [2.45, 2.75) is 6.54 Å². The maximum Gasteiger partial charge on any atom is 0.251 e. The summed E-state index contributed by atoms with van der Waals surface area (Å²) in [5.41, 5.74) is 1.23. The van der Waals surface area contributed by atoms with E-state index in [1.165, 1.54) is 12.1 Å². The first kappa shape index (κ1) is 14.0. The van der Waals surface area contributed by atoms with Crippen LogP contribution in [0.1, 0.15) is 15.9 Å². The minimum atomic E-state index is -0.395. The van der Waals surface area contributed by atoms with E-state index in [1.54, 1.807) is 30.3 Å². The fourth-order valence-corrected chi connectivity index (χ4v) is 2.04. The lowest BCUT2D eigenvalue weighted by molar-refractivity contribution is 0.0951. The first-order valence-corrected chi connectivity index (χ1v) is 6.71. The Balaban J connectivity index is 2.02. The number of hydrogen-bond donors (Lipinski definition) is 1. The molecule has 2 aromatic rings. The highest BCUT2D eigenvalue weighted by atomic mass is 79.9. The standard InChI is InChI=1S/C14H10BrClFNO/c15-11-4-1-9(2-5-11)14(19)18-8-10-3-6-12(17)7-13(10)16/h1-7H,8H2,(H,18,19). The zero-order chi connectivity index (χ0) is 13.8. The van der Waals surface area contributed by atoms with Gasteiger partial charge >= 0.3 is 0 Å². The summed E-state index contributed by atoms with van der Waals surface area (Å²) in [6.45, 7) is 0.258. The predicted octanol–water partition coefficient (Wildman–Crippen LogP) is 4.17. The van der Waals surface area contributed by atoms with Gasteiger partial charge in [0.1, 0.15) is 5.82 Å². The minimum absolute atomic E-state index is 0.201. The Bertz CT molecular complexity index is 601. The summed E-state index contributed by atoms with van der Waals surface area (Å²) in [4.78, 5) is 11.9. The van der Waals surface area contributed by atoms with Crippen molar-refractivity contribution in [2.24, 2.45) is 0 Å². The lowest BCUT2D eigenvalue weighted by atomic mass is 10.2. The average Bonchev–Trinajstić information content (AvgIpc) is 2.38. The predicted molar refractivity (Wildman–Crippen MR) is 76.7 cm³/mol. The van der Waals surface area contributed by atoms with Gasteiger partial charge in [0.2, 0.25) is 0 Å². The van der Waals surface area contributed by atoms with E-state index in [-0.39, 0.29) is 12.5 Å². The van der Waals surface area contributed by atoms with E-state index in [0.717, 1.165) is 4.47 Å². The molecule has 0 bridgehead atoms. The van der Waals surface area contributed by atoms with Gasteiger partial charge in [-0.25, -0.2) is 4.39 Å². The Hall–Kier alpha value is -1.39. The molecule has 0 aliphatic carbocycles. The van der Waals surface area contributed by atoms with Crippen LogP contribution in [0, 0.1) is 5.82 Å². The second-order valence-electron chi connectivity index (χ2n) is 3.93. The number of carbonyl (C=O) groups excluding carboxylic acids is 1. The fourth-order valence-electron chi connectivity index (χ4n) is 1.54. The van der Waals surface area contributed by atoms with E-state index >= 15 is 0 Å². The van der Waals surface area contributed by atoms with Crippen LogP contribution < -0.4 is 5.32 Å². The van der Waals surface area contributed by atoms with Gasteiger partial charge in [-0.1, -0.05) is 33.6 Å². The zero-order valence-corrected chi connectivity index (χ0v) is 12.1. The molecule has 2 rings (SSSR count). The van der Waals surface area contributed by atoms with Gasteiger partial charge in [-0.2, -0.15) is 0 Å². The van der Waals surface area contributed by atoms with Crippen LogP contribution in [0.25, 0.3) is 0 Å². The van der Waals surface area contributed by atoms with E-state index in [2.05, 4.69) is 21.2 Å². The van der Waals surface area contributed by atoms with E-state index in [9.17, 15) is 9.18 Å². The molecule has 5 heteroatoms. The van der Waals surface area contributed by atoms with Crippen molar-refractivity contribution in [2.75, 3.05) is 0 Å². The van der Waals surface area contributed by atoms with Crippen LogP contribution in [0.3, 0.4) is 0 Å². The third-order valence-corrected chi connectivity index (χ3v) is 3.44. The summed E-state index contributed by atoms with van der Waals surface area (Å²) in [5, 5.41) is 3.04. The number of rotatable bonds is 3. The summed E-state index contributed by atoms with van der Waals surface area (Å²) in [6, 6.07) is 11.1. The van der Waals surface area contributed by atoms with Crippen molar-refractivity contribution >= 4 is 33.4 Å². The van der Waals surface area contributed by atoms with Gasteiger partial charge in [0.25, 0.3) is 5.91 Å². The highest BCUT2D eigenvalue weighted by molar-refractivity contribution is 9.10. The molecule has 0 aromatic heterocycles. The maximum absolute atomic E-state index is 12.9. The van der Waals surface area contributed by atoms with Crippen LogP contribution in [-0.4, -0.2) is 5.91 Å². The van der Waals surface area contributed by atoms with Crippen LogP contribution in [0.4, 0.5) is 4.39 Å². The molecule has 1 amide bonds. The van der Waals surface area contributed by atoms with E-state index < -0.39 is 5.82 Å². The normalized spacial score (nSPS) is 10.3. The zero-order valence-electron chi connectivity index (χ0n) is 9.79. The second-order valence-corrected chi connectivity index (χ2v) is 5.25. The average molecular weight is 343 g/mol. The molecule has 0 unspecified atom stereocenters. The summed E-state index contributed by atoms with van der Waals surface area (Å²) in [6.07, 6.45) is 0. The largest absolute Gasteiger partial charge is 0.348 e. The van der Waals surface area contributed by atoms with Gasteiger partial charge in [0.05, 0.1) is 0 Å². The second kappa shape index (κ2) is 6.17. The van der Waals surface area contributed by atoms with Gasteiger partial charge in [-0.05, 0) is 42.0 Å². The Morgan fingerprint density at radius 2 is 1.89 bits per heavy atom. The molecule has 98 valence electrons. The number of benzene rings is 2. The van der Waals surface area contributed by atoms with E-state index in [4.69, 9.17) is 11.6 Å². The first-order chi connectivity index (χ1) is 9.06. The van der Waals surface area contributed by atoms with Crippen LogP contribution in [0.2, 0.25) is 5.02 Å². The third-order valence-electron chi connectivity index (χ3n) is 2.56. The molecule has 0 saturated heterocycles. The molecule has 0 heterocycles. The molecule has 0 spiro atoms. The SMILES string of the molecule is O=C(NCc1ccc(F)cc1Cl)c1ccc(Br)cc1. The van der Waals surface area contributed by atoms with Crippen molar-refractivity contribution in [1.82, 2.24) is 5.32 Å². The topological polar surface area (TPSA) is 29.1 Å². The number of nitrogens with one attached hydrogen (secondary N) is 1. The molecule has 0 fully saturated rings. The molecule has 0 saturated carbocycles. The Labute approximate surface area is 123 Å². The quantitative estimate of drug-likeness (QED) is 0.891. The molecular formula is C14H10BrClFNO. The van der Waals surface area contributed by atoms with Gasteiger partial charge in [0, 0.05) is 21.6 Å². The molecule has 0 aliphatic heterocycles. The molecule has 0 atom stereocenters. The van der Waals surface area contributed by atoms with Crippen molar-refractivity contribution in [3.05, 3.63) is 68.9 Å². The van der Waals surface area contributed by atoms with Crippen LogP contribution in [0.15, 0.2) is 46.9 Å². The van der Waals surface area contributed by atoms with Crippen molar-refractivity contribution in [1.29, 1.82) is 0 Å². The molecule has 19 heavy (non-hydrogen) atoms. The molecule has 2 nitrogen and oxygen atoms in total. The number of hydrogen-bond acceptors (Lipinski definition) is 1. The van der Waals surface area contributed by atoms with Crippen molar-refractivity contribution in [3.63, 3.8) is 0 Å². The minimum Gasteiger partial charge on any atom is -0.348 e. The third kappa shape index (κ3) is 3.78. The molecule has 1 N–H and O–H groups in total. The summed E-state index contributed by atoms with van der Waals surface area (Å²) in [7, 11) is 0. The van der Waals surface area contributed by atoms with E-state index in [0.29, 0.717) is 16.1 Å². The van der Waals surface area contributed by atoms with Crippen LogP contribution in [0.5, 0.6) is 0 Å².